The van der Waals surface area contributed by atoms with Gasteiger partial charge in [0.1, 0.15) is 17.4 Å². The van der Waals surface area contributed by atoms with Crippen LogP contribution in [0.3, 0.4) is 0 Å². The molecule has 0 aromatic carbocycles. The van der Waals surface area contributed by atoms with E-state index in [1.54, 1.807) is 12.4 Å². The molecule has 0 amide bonds. The van der Waals surface area contributed by atoms with Crippen molar-refractivity contribution in [3.8, 4) is 0 Å². The SMILES string of the molecule is CCn1c(C(O)N(C2CC2)C2CC2)cc2c3c(ncn3C)c(Nc3cc(C=O)[nH]n3)nc21. The van der Waals surface area contributed by atoms with Gasteiger partial charge in [-0.2, -0.15) is 5.10 Å². The first kappa shape index (κ1) is 19.4. The maximum absolute atomic E-state index is 11.4. The van der Waals surface area contributed by atoms with Gasteiger partial charge in [0.15, 0.2) is 17.9 Å². The number of nitrogens with one attached hydrogen (secondary N) is 2. The number of hydrogen-bond donors (Lipinski definition) is 3. The van der Waals surface area contributed by atoms with Crippen LogP contribution < -0.4 is 5.32 Å². The summed E-state index contributed by atoms with van der Waals surface area (Å²) in [6, 6.07) is 4.66. The Balaban J connectivity index is 1.50. The highest BCUT2D eigenvalue weighted by Gasteiger charge is 2.43. The summed E-state index contributed by atoms with van der Waals surface area (Å²) >= 11 is 0. The fourth-order valence-corrected chi connectivity index (χ4v) is 4.74. The molecule has 4 heterocycles. The molecule has 2 saturated carbocycles. The van der Waals surface area contributed by atoms with E-state index in [2.05, 4.69) is 43.0 Å². The predicted octanol–water partition coefficient (Wildman–Crippen LogP) is 2.84. The van der Waals surface area contributed by atoms with Crippen LogP contribution in [-0.2, 0) is 13.6 Å². The fraction of sp³-hybridized carbons (Fsp3) is 0.455. The summed E-state index contributed by atoms with van der Waals surface area (Å²) in [5.41, 5.74) is 3.70. The number of aryl methyl sites for hydroxylation is 2. The van der Waals surface area contributed by atoms with Gasteiger partial charge in [0.05, 0.1) is 23.2 Å². The molecule has 4 aromatic heterocycles. The first-order chi connectivity index (χ1) is 15.6. The van der Waals surface area contributed by atoms with Crippen LogP contribution >= 0.6 is 0 Å². The number of carbonyl (C=O) groups is 1. The van der Waals surface area contributed by atoms with Crippen LogP contribution in [0.5, 0.6) is 0 Å². The Bertz CT molecular complexity index is 1310. The molecular formula is C22H26N8O2. The zero-order chi connectivity index (χ0) is 22.0. The van der Waals surface area contributed by atoms with E-state index in [-0.39, 0.29) is 0 Å². The van der Waals surface area contributed by atoms with Crippen molar-refractivity contribution >= 4 is 40.0 Å². The fourth-order valence-electron chi connectivity index (χ4n) is 4.74. The molecule has 10 nitrogen and oxygen atoms in total. The van der Waals surface area contributed by atoms with Crippen molar-refractivity contribution in [2.45, 2.75) is 57.5 Å². The largest absolute Gasteiger partial charge is 0.372 e. The number of pyridine rings is 1. The third kappa shape index (κ3) is 3.01. The lowest BCUT2D eigenvalue weighted by molar-refractivity contribution is -0.0160. The molecule has 1 unspecified atom stereocenters. The summed E-state index contributed by atoms with van der Waals surface area (Å²) in [6.07, 6.45) is 6.46. The molecule has 4 aromatic rings. The summed E-state index contributed by atoms with van der Waals surface area (Å²) in [7, 11) is 1.96. The van der Waals surface area contributed by atoms with Gasteiger partial charge in [0, 0.05) is 37.1 Å². The van der Waals surface area contributed by atoms with Crippen LogP contribution in [0.25, 0.3) is 22.1 Å². The number of carbonyl (C=O) groups excluding carboxylic acids is 1. The zero-order valence-corrected chi connectivity index (χ0v) is 18.1. The third-order valence-electron chi connectivity index (χ3n) is 6.51. The van der Waals surface area contributed by atoms with E-state index in [1.165, 1.54) is 0 Å². The summed E-state index contributed by atoms with van der Waals surface area (Å²) in [6.45, 7) is 2.76. The molecule has 0 bridgehead atoms. The minimum Gasteiger partial charge on any atom is -0.372 e. The zero-order valence-electron chi connectivity index (χ0n) is 18.1. The maximum atomic E-state index is 11.4. The maximum Gasteiger partial charge on any atom is 0.167 e. The Kier molecular flexibility index (Phi) is 4.34. The number of nitrogens with zero attached hydrogens (tertiary/aromatic N) is 6. The second kappa shape index (κ2) is 7.14. The number of H-pyrrole nitrogens is 1. The number of fused-ring (bicyclic) bond motifs is 3. The molecule has 3 N–H and O–H groups in total. The minimum absolute atomic E-state index is 0.383. The quantitative estimate of drug-likeness (QED) is 0.288. The summed E-state index contributed by atoms with van der Waals surface area (Å²) in [5.74, 6) is 1.06. The number of rotatable bonds is 8. The number of hydrogen-bond acceptors (Lipinski definition) is 7. The van der Waals surface area contributed by atoms with Gasteiger partial charge in [-0.05, 0) is 38.7 Å². The molecule has 32 heavy (non-hydrogen) atoms. The standard InChI is InChI=1S/C22H26N8O2/c1-3-29-16(22(32)30(13-4-5-13)14-6-7-14)9-15-19-18(23-11-28(19)2)20(25-21(15)29)24-17-8-12(10-31)26-27-17/h8-11,13-14,22,32H,3-7H2,1-2H3,(H2,24,25,26,27). The number of aromatic amines is 1. The van der Waals surface area contributed by atoms with Crippen molar-refractivity contribution in [1.82, 2.24) is 34.2 Å². The Morgan fingerprint density at radius 1 is 1.31 bits per heavy atom. The summed E-state index contributed by atoms with van der Waals surface area (Å²) < 4.78 is 4.07. The van der Waals surface area contributed by atoms with E-state index < -0.39 is 6.23 Å². The van der Waals surface area contributed by atoms with Crippen LogP contribution in [-0.4, -0.2) is 57.7 Å². The molecule has 1 atom stereocenters. The number of aliphatic hydroxyl groups is 1. The van der Waals surface area contributed by atoms with Crippen molar-refractivity contribution in [1.29, 1.82) is 0 Å². The highest BCUT2D eigenvalue weighted by Crippen LogP contribution is 2.43. The second-order valence-corrected chi connectivity index (χ2v) is 8.80. The van der Waals surface area contributed by atoms with Crippen LogP contribution in [0.15, 0.2) is 18.5 Å². The highest BCUT2D eigenvalue weighted by atomic mass is 16.3. The van der Waals surface area contributed by atoms with Gasteiger partial charge in [-0.15, -0.1) is 0 Å². The third-order valence-corrected chi connectivity index (χ3v) is 6.51. The van der Waals surface area contributed by atoms with Crippen molar-refractivity contribution in [3.63, 3.8) is 0 Å². The van der Waals surface area contributed by atoms with Crippen LogP contribution in [0.1, 0.15) is 55.0 Å². The minimum atomic E-state index is -0.648. The van der Waals surface area contributed by atoms with Gasteiger partial charge >= 0.3 is 0 Å². The average molecular weight is 435 g/mol. The Labute approximate surface area is 184 Å². The Morgan fingerprint density at radius 3 is 2.69 bits per heavy atom. The molecule has 2 aliphatic rings. The summed E-state index contributed by atoms with van der Waals surface area (Å²) in [4.78, 5) is 22.8. The van der Waals surface area contributed by atoms with Gasteiger partial charge in [-0.1, -0.05) is 0 Å². The van der Waals surface area contributed by atoms with E-state index in [0.717, 1.165) is 47.9 Å². The van der Waals surface area contributed by atoms with E-state index in [9.17, 15) is 9.90 Å². The molecule has 0 aliphatic heterocycles. The Morgan fingerprint density at radius 2 is 2.06 bits per heavy atom. The van der Waals surface area contributed by atoms with Crippen molar-refractivity contribution in [2.24, 2.45) is 7.05 Å². The van der Waals surface area contributed by atoms with Gasteiger partial charge in [0.25, 0.3) is 0 Å². The number of aliphatic hydroxyl groups excluding tert-OH is 1. The average Bonchev–Trinajstić information content (AvgIpc) is 3.69. The van der Waals surface area contributed by atoms with E-state index in [4.69, 9.17) is 4.98 Å². The molecule has 0 saturated heterocycles. The lowest BCUT2D eigenvalue weighted by Crippen LogP contribution is -2.34. The topological polar surface area (TPSA) is 117 Å². The molecule has 6 rings (SSSR count). The van der Waals surface area contributed by atoms with Gasteiger partial charge < -0.3 is 19.6 Å². The number of aldehydes is 1. The second-order valence-electron chi connectivity index (χ2n) is 8.80. The first-order valence-corrected chi connectivity index (χ1v) is 11.2. The molecule has 10 heteroatoms. The van der Waals surface area contributed by atoms with E-state index >= 15 is 0 Å². The van der Waals surface area contributed by atoms with Crippen LogP contribution in [0.4, 0.5) is 11.6 Å². The van der Waals surface area contributed by atoms with Crippen LogP contribution in [0, 0.1) is 0 Å². The molecule has 0 radical (unpaired) electrons. The number of aromatic nitrogens is 6. The molecular weight excluding hydrogens is 408 g/mol. The number of imidazole rings is 1. The lowest BCUT2D eigenvalue weighted by atomic mass is 10.2. The molecule has 0 spiro atoms. The van der Waals surface area contributed by atoms with Gasteiger partial charge in [-0.3, -0.25) is 14.8 Å². The monoisotopic (exact) mass is 434 g/mol. The smallest absolute Gasteiger partial charge is 0.167 e. The molecule has 166 valence electrons. The van der Waals surface area contributed by atoms with E-state index in [1.807, 2.05) is 11.6 Å². The van der Waals surface area contributed by atoms with Crippen molar-refractivity contribution < 1.29 is 9.90 Å². The van der Waals surface area contributed by atoms with Crippen molar-refractivity contribution in [3.05, 3.63) is 29.8 Å². The normalized spacial score (nSPS) is 17.5. The predicted molar refractivity (Wildman–Crippen MR) is 120 cm³/mol. The molecule has 2 fully saturated rings. The van der Waals surface area contributed by atoms with Crippen LogP contribution in [0.2, 0.25) is 0 Å². The van der Waals surface area contributed by atoms with Gasteiger partial charge in [-0.25, -0.2) is 9.97 Å². The van der Waals surface area contributed by atoms with Crippen molar-refractivity contribution in [2.75, 3.05) is 5.32 Å². The van der Waals surface area contributed by atoms with E-state index in [0.29, 0.717) is 47.8 Å². The lowest BCUT2D eigenvalue weighted by Gasteiger charge is -2.28. The Hall–Kier alpha value is -3.24. The number of anilines is 2. The highest BCUT2D eigenvalue weighted by molar-refractivity contribution is 6.07. The molecule has 2 aliphatic carbocycles. The summed E-state index contributed by atoms with van der Waals surface area (Å²) in [5, 5.41) is 22.4. The van der Waals surface area contributed by atoms with Gasteiger partial charge in [0.2, 0.25) is 0 Å². The first-order valence-electron chi connectivity index (χ1n) is 11.2.